The molecular weight excluding hydrogens is 716 g/mol. The van der Waals surface area contributed by atoms with Crippen molar-refractivity contribution in [2.24, 2.45) is 44.8 Å². The summed E-state index contributed by atoms with van der Waals surface area (Å²) in [5.74, 6) is -0.215. The lowest BCUT2D eigenvalue weighted by atomic mass is 9.41. The summed E-state index contributed by atoms with van der Waals surface area (Å²) in [5.41, 5.74) is -3.16. The Balaban J connectivity index is 1.15. The van der Waals surface area contributed by atoms with Crippen LogP contribution in [0.4, 0.5) is 0 Å². The van der Waals surface area contributed by atoms with E-state index in [1.54, 1.807) is 13.8 Å². The summed E-state index contributed by atoms with van der Waals surface area (Å²) in [6, 6.07) is 0. The van der Waals surface area contributed by atoms with Gasteiger partial charge in [0, 0.05) is 5.92 Å². The molecule has 14 nitrogen and oxygen atoms in total. The first-order valence-corrected chi connectivity index (χ1v) is 20.9. The van der Waals surface area contributed by atoms with Crippen molar-refractivity contribution in [3.8, 4) is 0 Å². The molecule has 8 fully saturated rings. The third-order valence-corrected chi connectivity index (χ3v) is 17.6. The van der Waals surface area contributed by atoms with Crippen molar-refractivity contribution in [3.63, 3.8) is 0 Å². The standard InChI is InChI=1S/C41H68O14/c1-35(2)24(54-33-29(48)26(45)20(44)17-51-33)9-11-41-18-40(41)13-12-37(5)31(39(7)10-8-25(55-39)36(3,4)50)19(43)15-38(37,6)23(40)14-21(32(35)41)52-34-30(49)28(47)27(46)22(16-42)53-34/h19-34,42-50H,8-18H2,1-7H3/t19-,20+,21-,22+,23-,24-,25-,26-,27+,28-,29+,30+,31?,32-,33?,34?,37+,38-,39?,40-,41+/m0/s1. The molecule has 3 aliphatic heterocycles. The van der Waals surface area contributed by atoms with Crippen molar-refractivity contribution in [2.45, 2.75) is 197 Å². The largest absolute Gasteiger partial charge is 0.394 e. The summed E-state index contributed by atoms with van der Waals surface area (Å²) < 4.78 is 31.9. The number of rotatable bonds is 7. The van der Waals surface area contributed by atoms with Crippen molar-refractivity contribution >= 4 is 0 Å². The fourth-order valence-corrected chi connectivity index (χ4v) is 14.9. The van der Waals surface area contributed by atoms with Crippen molar-refractivity contribution in [1.82, 2.24) is 0 Å². The fourth-order valence-electron chi connectivity index (χ4n) is 14.9. The Morgan fingerprint density at radius 3 is 2.05 bits per heavy atom. The number of hydrogen-bond acceptors (Lipinski definition) is 14. The molecule has 0 aromatic carbocycles. The molecule has 0 radical (unpaired) electrons. The quantitative estimate of drug-likeness (QED) is 0.162. The number of fused-ring (bicyclic) bond motifs is 2. The van der Waals surface area contributed by atoms with Crippen LogP contribution in [0.3, 0.4) is 0 Å². The van der Waals surface area contributed by atoms with Gasteiger partial charge in [0.2, 0.25) is 0 Å². The van der Waals surface area contributed by atoms with Crippen LogP contribution in [0.5, 0.6) is 0 Å². The summed E-state index contributed by atoms with van der Waals surface area (Å²) >= 11 is 0. The average Bonchev–Trinajstić information content (AvgIpc) is 3.47. The van der Waals surface area contributed by atoms with Gasteiger partial charge in [0.25, 0.3) is 0 Å². The molecule has 3 heterocycles. The highest BCUT2D eigenvalue weighted by Crippen LogP contribution is 2.89. The second-order valence-corrected chi connectivity index (χ2v) is 21.1. The predicted octanol–water partition coefficient (Wildman–Crippen LogP) is 0.724. The molecule has 8 aliphatic rings. The van der Waals surface area contributed by atoms with E-state index in [4.69, 9.17) is 23.7 Å². The van der Waals surface area contributed by atoms with Crippen LogP contribution in [0, 0.1) is 44.8 Å². The molecule has 21 atom stereocenters. The fraction of sp³-hybridized carbons (Fsp3) is 1.00. The molecule has 0 aromatic rings. The first-order chi connectivity index (χ1) is 25.5. The maximum atomic E-state index is 12.2. The third-order valence-electron chi connectivity index (χ3n) is 17.6. The van der Waals surface area contributed by atoms with Gasteiger partial charge in [-0.3, -0.25) is 0 Å². The van der Waals surface area contributed by atoms with Crippen LogP contribution >= 0.6 is 0 Å². The van der Waals surface area contributed by atoms with Crippen molar-refractivity contribution < 1.29 is 69.6 Å². The van der Waals surface area contributed by atoms with Gasteiger partial charge in [-0.2, -0.15) is 0 Å². The molecule has 5 aliphatic carbocycles. The zero-order chi connectivity index (χ0) is 40.1. The Kier molecular flexibility index (Phi) is 9.90. The Hall–Kier alpha value is -0.560. The monoisotopic (exact) mass is 784 g/mol. The smallest absolute Gasteiger partial charge is 0.186 e. The van der Waals surface area contributed by atoms with Gasteiger partial charge in [-0.25, -0.2) is 0 Å². The van der Waals surface area contributed by atoms with E-state index in [1.807, 2.05) is 0 Å². The van der Waals surface area contributed by atoms with E-state index in [0.29, 0.717) is 25.7 Å². The summed E-state index contributed by atoms with van der Waals surface area (Å²) in [6.07, 6.45) is -7.48. The predicted molar refractivity (Wildman–Crippen MR) is 194 cm³/mol. The number of ether oxygens (including phenoxy) is 5. The maximum Gasteiger partial charge on any atom is 0.186 e. The lowest BCUT2D eigenvalue weighted by Gasteiger charge is -2.65. The molecule has 0 aromatic heterocycles. The minimum atomic E-state index is -1.60. The Morgan fingerprint density at radius 1 is 0.709 bits per heavy atom. The van der Waals surface area contributed by atoms with Crippen LogP contribution in [0.25, 0.3) is 0 Å². The summed E-state index contributed by atoms with van der Waals surface area (Å²) in [7, 11) is 0. The zero-order valence-corrected chi connectivity index (χ0v) is 33.6. The normalized spacial score (nSPS) is 58.7. The van der Waals surface area contributed by atoms with E-state index >= 15 is 0 Å². The van der Waals surface area contributed by atoms with Gasteiger partial charge < -0.3 is 69.6 Å². The van der Waals surface area contributed by atoms with E-state index in [9.17, 15) is 46.0 Å². The van der Waals surface area contributed by atoms with Gasteiger partial charge in [0.15, 0.2) is 12.6 Å². The van der Waals surface area contributed by atoms with Crippen molar-refractivity contribution in [3.05, 3.63) is 0 Å². The van der Waals surface area contributed by atoms with Crippen molar-refractivity contribution in [2.75, 3.05) is 13.2 Å². The third kappa shape index (κ3) is 5.70. The van der Waals surface area contributed by atoms with Crippen LogP contribution in [0.15, 0.2) is 0 Å². The van der Waals surface area contributed by atoms with E-state index in [2.05, 4.69) is 34.6 Å². The molecule has 2 spiro atoms. The minimum absolute atomic E-state index is 0.0633. The average molecular weight is 785 g/mol. The number of hydrogen-bond donors (Lipinski definition) is 9. The highest BCUT2D eigenvalue weighted by atomic mass is 16.7. The van der Waals surface area contributed by atoms with Crippen LogP contribution < -0.4 is 0 Å². The molecule has 0 amide bonds. The first-order valence-electron chi connectivity index (χ1n) is 20.9. The topological polar surface area (TPSA) is 228 Å². The number of aliphatic hydroxyl groups excluding tert-OH is 8. The SMILES string of the molecule is CC1(C2[C@@H](O)C[C@@]3(C)[C@@H]4C[C@H](OC5O[C@H](CO)[C@@H](O)[C@H](O)[C@H]5O)[C@H]5C(C)(C)[C@@H](OC6OC[C@@H](O)[C@H](O)[C@H]6O)CC[C@@]56C[C@@]46CC[C@]23C)CC[C@@H](C(C)(C)O)O1. The number of aliphatic hydroxyl groups is 9. The summed E-state index contributed by atoms with van der Waals surface area (Å²) in [4.78, 5) is 0. The molecule has 8 rings (SSSR count). The van der Waals surface area contributed by atoms with Gasteiger partial charge >= 0.3 is 0 Å². The second-order valence-electron chi connectivity index (χ2n) is 21.1. The zero-order valence-electron chi connectivity index (χ0n) is 33.6. The minimum Gasteiger partial charge on any atom is -0.394 e. The molecule has 5 saturated carbocycles. The van der Waals surface area contributed by atoms with Crippen LogP contribution in [-0.2, 0) is 23.7 Å². The van der Waals surface area contributed by atoms with Gasteiger partial charge in [0.05, 0.1) is 48.8 Å². The van der Waals surface area contributed by atoms with Crippen LogP contribution in [0.2, 0.25) is 0 Å². The molecule has 3 saturated heterocycles. The maximum absolute atomic E-state index is 12.2. The Morgan fingerprint density at radius 2 is 1.40 bits per heavy atom. The summed E-state index contributed by atoms with van der Waals surface area (Å²) in [5, 5.41) is 97.2. The Bertz CT molecular complexity index is 1460. The molecule has 0 bridgehead atoms. The van der Waals surface area contributed by atoms with Crippen LogP contribution in [-0.4, -0.2) is 150 Å². The molecule has 55 heavy (non-hydrogen) atoms. The molecule has 4 unspecified atom stereocenters. The second kappa shape index (κ2) is 13.2. The highest BCUT2D eigenvalue weighted by Gasteiger charge is 2.85. The van der Waals surface area contributed by atoms with Gasteiger partial charge in [-0.1, -0.05) is 27.7 Å². The Labute approximate surface area is 324 Å². The molecule has 9 N–H and O–H groups in total. The van der Waals surface area contributed by atoms with E-state index < -0.39 is 96.8 Å². The van der Waals surface area contributed by atoms with Crippen molar-refractivity contribution in [1.29, 1.82) is 0 Å². The van der Waals surface area contributed by atoms with Gasteiger partial charge in [-0.05, 0) is 117 Å². The van der Waals surface area contributed by atoms with Crippen LogP contribution in [0.1, 0.15) is 106 Å². The molecular formula is C41H68O14. The lowest BCUT2D eigenvalue weighted by molar-refractivity contribution is -0.339. The van der Waals surface area contributed by atoms with E-state index in [-0.39, 0.29) is 52.1 Å². The van der Waals surface area contributed by atoms with Gasteiger partial charge in [0.1, 0.15) is 42.7 Å². The highest BCUT2D eigenvalue weighted by molar-refractivity contribution is 5.33. The molecule has 14 heteroatoms. The first kappa shape index (κ1) is 41.2. The van der Waals surface area contributed by atoms with Gasteiger partial charge in [-0.15, -0.1) is 0 Å². The summed E-state index contributed by atoms with van der Waals surface area (Å²) in [6.45, 7) is 13.8. The lowest BCUT2D eigenvalue weighted by Crippen LogP contribution is -2.65. The van der Waals surface area contributed by atoms with E-state index in [0.717, 1.165) is 32.1 Å². The molecule has 316 valence electrons. The van der Waals surface area contributed by atoms with E-state index in [1.165, 1.54) is 0 Å².